The number of hydrogen-bond acceptors (Lipinski definition) is 4. The van der Waals surface area contributed by atoms with Gasteiger partial charge in [-0.15, -0.1) is 0 Å². The van der Waals surface area contributed by atoms with Crippen LogP contribution < -0.4 is 9.47 Å². The average Bonchev–Trinajstić information content (AvgIpc) is 2.76. The molecule has 1 N–H and O–H groups in total. The Morgan fingerprint density at radius 3 is 3.06 bits per heavy atom. The second kappa shape index (κ2) is 3.89. The number of aliphatic hydroxyl groups is 1. The van der Waals surface area contributed by atoms with Gasteiger partial charge in [-0.25, -0.2) is 0 Å². The van der Waals surface area contributed by atoms with Crippen LogP contribution in [0.25, 0.3) is 0 Å². The first kappa shape index (κ1) is 10.9. The molecule has 0 saturated carbocycles. The van der Waals surface area contributed by atoms with Gasteiger partial charge in [0, 0.05) is 24.5 Å². The van der Waals surface area contributed by atoms with Crippen LogP contribution in [-0.4, -0.2) is 31.0 Å². The van der Waals surface area contributed by atoms with Gasteiger partial charge >= 0.3 is 0 Å². The minimum atomic E-state index is -0.480. The van der Waals surface area contributed by atoms with Crippen molar-refractivity contribution in [1.29, 1.82) is 0 Å². The standard InChI is InChI=1S/C13H16O4/c1-15-9-2-3-10-11(14)7-13(4-5-16-8-13)17-12(10)6-9/h2-3,6,11,14H,4-5,7-8H2,1H3/t11-,13?/m1/s1. The quantitative estimate of drug-likeness (QED) is 0.805. The summed E-state index contributed by atoms with van der Waals surface area (Å²) in [6.45, 7) is 1.26. The summed E-state index contributed by atoms with van der Waals surface area (Å²) in [6.07, 6.45) is 0.957. The van der Waals surface area contributed by atoms with Gasteiger partial charge in [0.15, 0.2) is 0 Å². The topological polar surface area (TPSA) is 47.9 Å². The highest BCUT2D eigenvalue weighted by molar-refractivity contribution is 5.44. The molecule has 4 heteroatoms. The highest BCUT2D eigenvalue weighted by atomic mass is 16.6. The lowest BCUT2D eigenvalue weighted by atomic mass is 9.88. The van der Waals surface area contributed by atoms with Crippen LogP contribution >= 0.6 is 0 Å². The molecule has 2 aliphatic heterocycles. The number of benzene rings is 1. The van der Waals surface area contributed by atoms with Gasteiger partial charge < -0.3 is 19.3 Å². The van der Waals surface area contributed by atoms with E-state index in [-0.39, 0.29) is 5.60 Å². The number of fused-ring (bicyclic) bond motifs is 1. The second-order valence-electron chi connectivity index (χ2n) is 4.71. The molecule has 17 heavy (non-hydrogen) atoms. The Bertz CT molecular complexity index is 423. The lowest BCUT2D eigenvalue weighted by Crippen LogP contribution is -2.41. The maximum atomic E-state index is 10.2. The highest BCUT2D eigenvalue weighted by Gasteiger charge is 2.43. The zero-order chi connectivity index (χ0) is 11.9. The minimum Gasteiger partial charge on any atom is -0.497 e. The Hall–Kier alpha value is -1.26. The van der Waals surface area contributed by atoms with E-state index in [0.29, 0.717) is 25.4 Å². The van der Waals surface area contributed by atoms with E-state index in [1.165, 1.54) is 0 Å². The molecule has 3 rings (SSSR count). The molecular weight excluding hydrogens is 220 g/mol. The maximum Gasteiger partial charge on any atom is 0.137 e. The van der Waals surface area contributed by atoms with Gasteiger partial charge in [0.05, 0.1) is 26.4 Å². The van der Waals surface area contributed by atoms with Crippen molar-refractivity contribution in [1.82, 2.24) is 0 Å². The minimum absolute atomic E-state index is 0.348. The van der Waals surface area contributed by atoms with Crippen LogP contribution in [0.3, 0.4) is 0 Å². The third-order valence-corrected chi connectivity index (χ3v) is 3.54. The van der Waals surface area contributed by atoms with E-state index in [0.717, 1.165) is 17.7 Å². The fourth-order valence-corrected chi connectivity index (χ4v) is 2.57. The molecule has 2 atom stereocenters. The van der Waals surface area contributed by atoms with Gasteiger partial charge in [-0.05, 0) is 12.1 Å². The summed E-state index contributed by atoms with van der Waals surface area (Å²) < 4.78 is 16.6. The van der Waals surface area contributed by atoms with Gasteiger partial charge in [-0.2, -0.15) is 0 Å². The summed E-state index contributed by atoms with van der Waals surface area (Å²) in [7, 11) is 1.62. The van der Waals surface area contributed by atoms with E-state index in [4.69, 9.17) is 14.2 Å². The first-order valence-corrected chi connectivity index (χ1v) is 5.85. The van der Waals surface area contributed by atoms with Crippen LogP contribution in [0.4, 0.5) is 0 Å². The molecule has 1 fully saturated rings. The van der Waals surface area contributed by atoms with Crippen molar-refractivity contribution in [2.75, 3.05) is 20.3 Å². The van der Waals surface area contributed by atoms with Crippen molar-refractivity contribution in [3.05, 3.63) is 23.8 Å². The lowest BCUT2D eigenvalue weighted by Gasteiger charge is -2.37. The summed E-state index contributed by atoms with van der Waals surface area (Å²) in [5.74, 6) is 1.46. The van der Waals surface area contributed by atoms with Crippen molar-refractivity contribution in [2.24, 2.45) is 0 Å². The molecule has 0 aromatic heterocycles. The molecule has 0 amide bonds. The van der Waals surface area contributed by atoms with Gasteiger partial charge in [0.2, 0.25) is 0 Å². The molecule has 2 aliphatic rings. The smallest absolute Gasteiger partial charge is 0.137 e. The van der Waals surface area contributed by atoms with Gasteiger partial charge in [0.1, 0.15) is 17.1 Å². The Morgan fingerprint density at radius 1 is 1.47 bits per heavy atom. The third kappa shape index (κ3) is 1.77. The van der Waals surface area contributed by atoms with Crippen LogP contribution in [0, 0.1) is 0 Å². The number of methoxy groups -OCH3 is 1. The second-order valence-corrected chi connectivity index (χ2v) is 4.71. The zero-order valence-electron chi connectivity index (χ0n) is 9.81. The van der Waals surface area contributed by atoms with E-state index >= 15 is 0 Å². The summed E-state index contributed by atoms with van der Waals surface area (Å²) in [6, 6.07) is 5.54. The van der Waals surface area contributed by atoms with Gasteiger partial charge in [0.25, 0.3) is 0 Å². The summed E-state index contributed by atoms with van der Waals surface area (Å²) in [4.78, 5) is 0. The number of aliphatic hydroxyl groups excluding tert-OH is 1. The Balaban J connectivity index is 1.97. The van der Waals surface area contributed by atoms with Crippen LogP contribution in [0.15, 0.2) is 18.2 Å². The molecule has 1 saturated heterocycles. The van der Waals surface area contributed by atoms with E-state index in [9.17, 15) is 5.11 Å². The van der Waals surface area contributed by atoms with Crippen LogP contribution in [-0.2, 0) is 4.74 Å². The van der Waals surface area contributed by atoms with Crippen LogP contribution in [0.1, 0.15) is 24.5 Å². The molecule has 1 aromatic rings. The van der Waals surface area contributed by atoms with Crippen LogP contribution in [0.5, 0.6) is 11.5 Å². The fraction of sp³-hybridized carbons (Fsp3) is 0.538. The highest BCUT2D eigenvalue weighted by Crippen LogP contribution is 2.44. The predicted octanol–water partition coefficient (Wildman–Crippen LogP) is 1.67. The molecule has 4 nitrogen and oxygen atoms in total. The monoisotopic (exact) mass is 236 g/mol. The molecule has 1 spiro atoms. The largest absolute Gasteiger partial charge is 0.497 e. The molecule has 0 bridgehead atoms. The van der Waals surface area contributed by atoms with E-state index in [2.05, 4.69) is 0 Å². The normalized spacial score (nSPS) is 31.1. The number of ether oxygens (including phenoxy) is 3. The Morgan fingerprint density at radius 2 is 2.35 bits per heavy atom. The number of rotatable bonds is 1. The zero-order valence-corrected chi connectivity index (χ0v) is 9.81. The van der Waals surface area contributed by atoms with Gasteiger partial charge in [-0.3, -0.25) is 0 Å². The SMILES string of the molecule is COc1ccc2c(c1)OC1(CCOC1)C[C@H]2O. The van der Waals surface area contributed by atoms with Crippen molar-refractivity contribution in [3.8, 4) is 11.5 Å². The predicted molar refractivity (Wildman–Crippen MR) is 61.4 cm³/mol. The molecule has 2 heterocycles. The van der Waals surface area contributed by atoms with Crippen molar-refractivity contribution in [3.63, 3.8) is 0 Å². The summed E-state index contributed by atoms with van der Waals surface area (Å²) >= 11 is 0. The van der Waals surface area contributed by atoms with E-state index in [1.807, 2.05) is 18.2 Å². The first-order valence-electron chi connectivity index (χ1n) is 5.85. The summed E-state index contributed by atoms with van der Waals surface area (Å²) in [5.41, 5.74) is 0.488. The molecule has 0 radical (unpaired) electrons. The molecule has 1 unspecified atom stereocenters. The van der Waals surface area contributed by atoms with Crippen molar-refractivity contribution in [2.45, 2.75) is 24.5 Å². The average molecular weight is 236 g/mol. The van der Waals surface area contributed by atoms with E-state index in [1.54, 1.807) is 7.11 Å². The van der Waals surface area contributed by atoms with Crippen LogP contribution in [0.2, 0.25) is 0 Å². The third-order valence-electron chi connectivity index (χ3n) is 3.54. The molecule has 1 aromatic carbocycles. The number of hydrogen-bond donors (Lipinski definition) is 1. The lowest BCUT2D eigenvalue weighted by molar-refractivity contribution is -0.0195. The molecule has 0 aliphatic carbocycles. The molecular formula is C13H16O4. The maximum absolute atomic E-state index is 10.2. The van der Waals surface area contributed by atoms with Crippen molar-refractivity contribution < 1.29 is 19.3 Å². The molecule has 92 valence electrons. The summed E-state index contributed by atoms with van der Waals surface area (Å²) in [5, 5.41) is 10.2. The Labute approximate surface area is 100 Å². The van der Waals surface area contributed by atoms with E-state index < -0.39 is 6.10 Å². The van der Waals surface area contributed by atoms with Gasteiger partial charge in [-0.1, -0.05) is 0 Å². The van der Waals surface area contributed by atoms with Crippen molar-refractivity contribution >= 4 is 0 Å². The first-order chi connectivity index (χ1) is 8.22. The Kier molecular flexibility index (Phi) is 2.49. The fourth-order valence-electron chi connectivity index (χ4n) is 2.57.